The number of benzene rings is 2. The number of thiazole rings is 1. The van der Waals surface area contributed by atoms with Crippen molar-refractivity contribution in [2.45, 2.75) is 6.04 Å². The lowest BCUT2D eigenvalue weighted by molar-refractivity contribution is 0.0912. The number of nitrogens with zero attached hydrogens (tertiary/aromatic N) is 1. The summed E-state index contributed by atoms with van der Waals surface area (Å²) in [5.74, 6) is -0.286. The standard InChI is InChI=1S/C18H16N2O2S/c21-11-15(13-7-3-1-4-8-13)19-17(22)16-12-23-18(20-16)14-9-5-2-6-10-14/h1-10,12,15,21H,11H2,(H,19,22). The Morgan fingerprint density at radius 2 is 1.74 bits per heavy atom. The van der Waals surface area contributed by atoms with Crippen LogP contribution in [0, 0.1) is 0 Å². The molecule has 23 heavy (non-hydrogen) atoms. The van der Waals surface area contributed by atoms with Crippen molar-refractivity contribution in [3.63, 3.8) is 0 Å². The van der Waals surface area contributed by atoms with Gasteiger partial charge in [0.05, 0.1) is 12.6 Å². The summed E-state index contributed by atoms with van der Waals surface area (Å²) in [4.78, 5) is 16.7. The summed E-state index contributed by atoms with van der Waals surface area (Å²) in [7, 11) is 0. The minimum Gasteiger partial charge on any atom is -0.394 e. The maximum absolute atomic E-state index is 12.4. The molecule has 116 valence electrons. The van der Waals surface area contributed by atoms with E-state index >= 15 is 0 Å². The zero-order valence-electron chi connectivity index (χ0n) is 12.3. The molecule has 0 radical (unpaired) electrons. The summed E-state index contributed by atoms with van der Waals surface area (Å²) in [6, 6.07) is 18.7. The van der Waals surface area contributed by atoms with Gasteiger partial charge in [0.1, 0.15) is 10.7 Å². The van der Waals surface area contributed by atoms with Crippen LogP contribution in [0.15, 0.2) is 66.0 Å². The Morgan fingerprint density at radius 3 is 2.39 bits per heavy atom. The molecule has 3 rings (SSSR count). The van der Waals surface area contributed by atoms with Crippen LogP contribution in [-0.2, 0) is 0 Å². The summed E-state index contributed by atoms with van der Waals surface area (Å²) in [6.07, 6.45) is 0. The number of hydrogen-bond acceptors (Lipinski definition) is 4. The number of carbonyl (C=O) groups is 1. The first-order valence-corrected chi connectivity index (χ1v) is 8.13. The Bertz CT molecular complexity index is 772. The first-order chi connectivity index (χ1) is 11.3. The van der Waals surface area contributed by atoms with Gasteiger partial charge in [-0.3, -0.25) is 4.79 Å². The van der Waals surface area contributed by atoms with E-state index < -0.39 is 6.04 Å². The predicted molar refractivity (Wildman–Crippen MR) is 91.3 cm³/mol. The van der Waals surface area contributed by atoms with Gasteiger partial charge in [0.2, 0.25) is 0 Å². The number of rotatable bonds is 5. The summed E-state index contributed by atoms with van der Waals surface area (Å²) < 4.78 is 0. The number of aliphatic hydroxyl groups is 1. The van der Waals surface area contributed by atoms with E-state index in [1.54, 1.807) is 5.38 Å². The van der Waals surface area contributed by atoms with Gasteiger partial charge in [-0.15, -0.1) is 11.3 Å². The van der Waals surface area contributed by atoms with E-state index in [4.69, 9.17) is 0 Å². The molecular formula is C18H16N2O2S. The Kier molecular flexibility index (Phi) is 4.80. The van der Waals surface area contributed by atoms with Crippen LogP contribution >= 0.6 is 11.3 Å². The van der Waals surface area contributed by atoms with E-state index in [9.17, 15) is 9.90 Å². The molecule has 0 aliphatic rings. The second-order valence-electron chi connectivity index (χ2n) is 5.02. The van der Waals surface area contributed by atoms with Crippen LogP contribution < -0.4 is 5.32 Å². The summed E-state index contributed by atoms with van der Waals surface area (Å²) >= 11 is 1.43. The molecule has 1 amide bonds. The van der Waals surface area contributed by atoms with Gasteiger partial charge in [-0.1, -0.05) is 60.7 Å². The second kappa shape index (κ2) is 7.17. The van der Waals surface area contributed by atoms with Crippen molar-refractivity contribution in [2.75, 3.05) is 6.61 Å². The quantitative estimate of drug-likeness (QED) is 0.757. The van der Waals surface area contributed by atoms with Crippen molar-refractivity contribution < 1.29 is 9.90 Å². The fourth-order valence-corrected chi connectivity index (χ4v) is 3.05. The molecule has 3 aromatic rings. The van der Waals surface area contributed by atoms with Gasteiger partial charge in [0, 0.05) is 10.9 Å². The predicted octanol–water partition coefficient (Wildman–Crippen LogP) is 3.27. The van der Waals surface area contributed by atoms with Crippen molar-refractivity contribution in [1.29, 1.82) is 0 Å². The third-order valence-corrected chi connectivity index (χ3v) is 4.34. The van der Waals surface area contributed by atoms with Crippen LogP contribution in [0.2, 0.25) is 0 Å². The van der Waals surface area contributed by atoms with Crippen LogP contribution in [0.25, 0.3) is 10.6 Å². The lowest BCUT2D eigenvalue weighted by Crippen LogP contribution is -2.30. The van der Waals surface area contributed by atoms with Crippen molar-refractivity contribution in [3.05, 3.63) is 77.3 Å². The topological polar surface area (TPSA) is 62.2 Å². The monoisotopic (exact) mass is 324 g/mol. The number of aromatic nitrogens is 1. The average Bonchev–Trinajstić information content (AvgIpc) is 3.11. The molecule has 1 unspecified atom stereocenters. The maximum Gasteiger partial charge on any atom is 0.271 e. The highest BCUT2D eigenvalue weighted by Crippen LogP contribution is 2.23. The van der Waals surface area contributed by atoms with E-state index in [1.807, 2.05) is 60.7 Å². The Balaban J connectivity index is 1.75. The molecule has 0 spiro atoms. The number of amides is 1. The van der Waals surface area contributed by atoms with Crippen LogP contribution in [-0.4, -0.2) is 22.6 Å². The third-order valence-electron chi connectivity index (χ3n) is 3.45. The summed E-state index contributed by atoms with van der Waals surface area (Å²) in [5.41, 5.74) is 2.21. The minimum atomic E-state index is -0.439. The van der Waals surface area contributed by atoms with E-state index in [1.165, 1.54) is 11.3 Å². The van der Waals surface area contributed by atoms with Crippen LogP contribution in [0.3, 0.4) is 0 Å². The number of carbonyl (C=O) groups excluding carboxylic acids is 1. The van der Waals surface area contributed by atoms with Gasteiger partial charge in [0.25, 0.3) is 5.91 Å². The normalized spacial score (nSPS) is 11.9. The minimum absolute atomic E-state index is 0.161. The lowest BCUT2D eigenvalue weighted by Gasteiger charge is -2.15. The van der Waals surface area contributed by atoms with Crippen molar-refractivity contribution in [3.8, 4) is 10.6 Å². The molecule has 1 aromatic heterocycles. The lowest BCUT2D eigenvalue weighted by atomic mass is 10.1. The third kappa shape index (κ3) is 3.64. The molecule has 0 saturated carbocycles. The summed E-state index contributed by atoms with van der Waals surface area (Å²) in [5, 5.41) is 14.9. The van der Waals surface area contributed by atoms with E-state index in [2.05, 4.69) is 10.3 Å². The van der Waals surface area contributed by atoms with E-state index in [-0.39, 0.29) is 12.5 Å². The van der Waals surface area contributed by atoms with Gasteiger partial charge < -0.3 is 10.4 Å². The van der Waals surface area contributed by atoms with Crippen LogP contribution in [0.5, 0.6) is 0 Å². The highest BCUT2D eigenvalue weighted by molar-refractivity contribution is 7.13. The molecule has 0 aliphatic heterocycles. The van der Waals surface area contributed by atoms with Gasteiger partial charge in [0.15, 0.2) is 0 Å². The number of hydrogen-bond donors (Lipinski definition) is 2. The molecular weight excluding hydrogens is 308 g/mol. The zero-order valence-corrected chi connectivity index (χ0v) is 13.2. The number of aliphatic hydroxyl groups excluding tert-OH is 1. The van der Waals surface area contributed by atoms with Crippen molar-refractivity contribution >= 4 is 17.2 Å². The molecule has 0 saturated heterocycles. The van der Waals surface area contributed by atoms with Gasteiger partial charge >= 0.3 is 0 Å². The molecule has 4 nitrogen and oxygen atoms in total. The molecule has 1 atom stereocenters. The van der Waals surface area contributed by atoms with Gasteiger partial charge in [-0.25, -0.2) is 4.98 Å². The molecule has 2 aromatic carbocycles. The van der Waals surface area contributed by atoms with E-state index in [0.29, 0.717) is 5.69 Å². The number of nitrogens with one attached hydrogen (secondary N) is 1. The Hall–Kier alpha value is -2.50. The molecule has 0 aliphatic carbocycles. The molecule has 0 bridgehead atoms. The van der Waals surface area contributed by atoms with Crippen molar-refractivity contribution in [2.24, 2.45) is 0 Å². The largest absolute Gasteiger partial charge is 0.394 e. The average molecular weight is 324 g/mol. The van der Waals surface area contributed by atoms with Crippen LogP contribution in [0.4, 0.5) is 0 Å². The Morgan fingerprint density at radius 1 is 1.09 bits per heavy atom. The van der Waals surface area contributed by atoms with Crippen LogP contribution in [0.1, 0.15) is 22.1 Å². The molecule has 0 fully saturated rings. The van der Waals surface area contributed by atoms with E-state index in [0.717, 1.165) is 16.1 Å². The summed E-state index contributed by atoms with van der Waals surface area (Å²) in [6.45, 7) is -0.161. The second-order valence-corrected chi connectivity index (χ2v) is 5.88. The smallest absolute Gasteiger partial charge is 0.271 e. The first-order valence-electron chi connectivity index (χ1n) is 7.25. The SMILES string of the molecule is O=C(NC(CO)c1ccccc1)c1csc(-c2ccccc2)n1. The molecule has 1 heterocycles. The highest BCUT2D eigenvalue weighted by Gasteiger charge is 2.17. The van der Waals surface area contributed by atoms with Gasteiger partial charge in [-0.2, -0.15) is 0 Å². The fraction of sp³-hybridized carbons (Fsp3) is 0.111. The fourth-order valence-electron chi connectivity index (χ4n) is 2.24. The molecule has 2 N–H and O–H groups in total. The van der Waals surface area contributed by atoms with Gasteiger partial charge in [-0.05, 0) is 5.56 Å². The zero-order chi connectivity index (χ0) is 16.1. The Labute approximate surface area is 138 Å². The van der Waals surface area contributed by atoms with Crippen molar-refractivity contribution in [1.82, 2.24) is 10.3 Å². The highest BCUT2D eigenvalue weighted by atomic mass is 32.1. The maximum atomic E-state index is 12.4. The first kappa shape index (κ1) is 15.4. The molecule has 5 heteroatoms.